The molecule has 0 heteroatoms. The predicted octanol–water partition coefficient (Wildman–Crippen LogP) is 14.8. The van der Waals surface area contributed by atoms with E-state index >= 15 is 0 Å². The van der Waals surface area contributed by atoms with E-state index in [0.717, 1.165) is 63.6 Å². The summed E-state index contributed by atoms with van der Waals surface area (Å²) in [5, 5.41) is 0. The van der Waals surface area contributed by atoms with E-state index in [0.29, 0.717) is 0 Å². The van der Waals surface area contributed by atoms with E-state index in [4.69, 9.17) is 0 Å². The number of fused-ring (bicyclic) bond motifs is 2. The molecule has 0 aromatic rings. The van der Waals surface area contributed by atoms with Crippen LogP contribution in [0.1, 0.15) is 216 Å². The van der Waals surface area contributed by atoms with E-state index < -0.39 is 0 Å². The first-order valence-corrected chi connectivity index (χ1v) is 20.9. The maximum Gasteiger partial charge on any atom is -0.0292 e. The van der Waals surface area contributed by atoms with Crippen LogP contribution in [-0.4, -0.2) is 0 Å². The lowest BCUT2D eigenvalue weighted by Gasteiger charge is -2.55. The van der Waals surface area contributed by atoms with Crippen LogP contribution in [-0.2, 0) is 0 Å². The summed E-state index contributed by atoms with van der Waals surface area (Å²) in [5.41, 5.74) is 2.59. The Morgan fingerprint density at radius 1 is 0.455 bits per heavy atom. The molecule has 7 aliphatic carbocycles. The van der Waals surface area contributed by atoms with E-state index in [1.165, 1.54) is 77.0 Å². The van der Waals surface area contributed by atoms with E-state index in [1.54, 1.807) is 83.5 Å². The molecule has 0 radical (unpaired) electrons. The third-order valence-electron chi connectivity index (χ3n) is 14.2. The molecule has 7 rings (SSSR count). The minimum absolute atomic E-state index is 0.832. The van der Waals surface area contributed by atoms with Gasteiger partial charge in [-0.2, -0.15) is 0 Å². The molecule has 7 aliphatic rings. The third-order valence-corrected chi connectivity index (χ3v) is 14.2. The van der Waals surface area contributed by atoms with Gasteiger partial charge in [0.05, 0.1) is 0 Å². The summed E-state index contributed by atoms with van der Waals surface area (Å²) in [7, 11) is 0. The van der Waals surface area contributed by atoms with Crippen molar-refractivity contribution >= 4 is 0 Å². The lowest BCUT2D eigenvalue weighted by Crippen LogP contribution is -2.42. The summed E-state index contributed by atoms with van der Waals surface area (Å²) in [6.45, 7) is 18.9. The minimum atomic E-state index is 0.832. The smallest absolute Gasteiger partial charge is 0.0292 e. The Balaban J connectivity index is 0.000000134. The maximum atomic E-state index is 2.39. The fourth-order valence-electron chi connectivity index (χ4n) is 11.9. The highest BCUT2D eigenvalue weighted by atomic mass is 14.5. The first-order valence-electron chi connectivity index (χ1n) is 20.9. The van der Waals surface area contributed by atoms with Gasteiger partial charge in [0.15, 0.2) is 0 Å². The molecule has 44 heavy (non-hydrogen) atoms. The summed E-state index contributed by atoms with van der Waals surface area (Å²) in [4.78, 5) is 0. The first-order chi connectivity index (χ1) is 20.9. The van der Waals surface area contributed by atoms with Crippen LogP contribution >= 0.6 is 0 Å². The van der Waals surface area contributed by atoms with Crippen molar-refractivity contribution in [3.05, 3.63) is 0 Å². The number of rotatable bonds is 7. The highest BCUT2D eigenvalue weighted by molar-refractivity contribution is 4.99. The standard InChI is InChI=1S/C12H22.2C11H20.C10H20/c1-10(2)11-8-12(9-11)6-4-3-5-7-12;1-9(2)7-11-5-3-10(8-11)4-6-11;1-9(2)6-10-7-11(8-10)4-3-5-11;1-9(2)8-10-6-4-3-5-7-10/h10-11H,3-9H2,1-2H3;2*9-10H,3-8H2,1-2H3;9-10H,3-8H2,1-2H3. The molecular weight excluding hydrogens is 528 g/mol. The molecule has 7 saturated carbocycles. The Morgan fingerprint density at radius 2 is 0.955 bits per heavy atom. The number of hydrogen-bond donors (Lipinski definition) is 0. The molecule has 2 bridgehead atoms. The van der Waals surface area contributed by atoms with Gasteiger partial charge in [-0.25, -0.2) is 0 Å². The lowest BCUT2D eigenvalue weighted by molar-refractivity contribution is -0.0321. The molecular formula is C44H82. The zero-order chi connectivity index (χ0) is 31.8. The molecule has 0 unspecified atom stereocenters. The van der Waals surface area contributed by atoms with Gasteiger partial charge in [0.1, 0.15) is 0 Å². The molecule has 0 heterocycles. The van der Waals surface area contributed by atoms with Crippen molar-refractivity contribution < 1.29 is 0 Å². The zero-order valence-corrected chi connectivity index (χ0v) is 31.8. The fraction of sp³-hybridized carbons (Fsp3) is 1.00. The first kappa shape index (κ1) is 36.8. The Labute approximate surface area is 278 Å². The molecule has 7 fully saturated rings. The van der Waals surface area contributed by atoms with Crippen LogP contribution in [0, 0.1) is 63.6 Å². The van der Waals surface area contributed by atoms with Crippen molar-refractivity contribution in [3.8, 4) is 0 Å². The van der Waals surface area contributed by atoms with Gasteiger partial charge in [0.25, 0.3) is 0 Å². The normalized spacial score (nSPS) is 31.9. The summed E-state index contributed by atoms with van der Waals surface area (Å²) >= 11 is 0. The quantitative estimate of drug-likeness (QED) is 0.269. The highest BCUT2D eigenvalue weighted by Gasteiger charge is 2.48. The van der Waals surface area contributed by atoms with E-state index in [1.807, 2.05) is 0 Å². The summed E-state index contributed by atoms with van der Waals surface area (Å²) in [6, 6.07) is 0. The highest BCUT2D eigenvalue weighted by Crippen LogP contribution is 2.60. The lowest BCUT2D eigenvalue weighted by atomic mass is 9.51. The Kier molecular flexibility index (Phi) is 14.1. The molecule has 0 aromatic heterocycles. The Bertz CT molecular complexity index is 759. The van der Waals surface area contributed by atoms with Crippen molar-refractivity contribution in [2.45, 2.75) is 216 Å². The second-order valence-electron chi connectivity index (χ2n) is 20.1. The molecule has 0 atom stereocenters. The fourth-order valence-corrected chi connectivity index (χ4v) is 11.9. The Hall–Kier alpha value is 0. The molecule has 0 N–H and O–H groups in total. The van der Waals surface area contributed by atoms with Crippen molar-refractivity contribution in [1.82, 2.24) is 0 Å². The van der Waals surface area contributed by atoms with E-state index in [9.17, 15) is 0 Å². The van der Waals surface area contributed by atoms with Gasteiger partial charge >= 0.3 is 0 Å². The second kappa shape index (κ2) is 16.9. The van der Waals surface area contributed by atoms with Crippen LogP contribution in [0.15, 0.2) is 0 Å². The largest absolute Gasteiger partial charge is 0.0628 e. The molecule has 0 aliphatic heterocycles. The van der Waals surface area contributed by atoms with Crippen molar-refractivity contribution in [3.63, 3.8) is 0 Å². The number of hydrogen-bond acceptors (Lipinski definition) is 0. The van der Waals surface area contributed by atoms with Crippen LogP contribution in [0.3, 0.4) is 0 Å². The van der Waals surface area contributed by atoms with Crippen molar-refractivity contribution in [2.24, 2.45) is 63.6 Å². The van der Waals surface area contributed by atoms with Gasteiger partial charge in [-0.1, -0.05) is 113 Å². The monoisotopic (exact) mass is 611 g/mol. The molecule has 2 spiro atoms. The van der Waals surface area contributed by atoms with Gasteiger partial charge in [-0.15, -0.1) is 0 Å². The molecule has 258 valence electrons. The van der Waals surface area contributed by atoms with Gasteiger partial charge in [-0.05, 0) is 166 Å². The van der Waals surface area contributed by atoms with Gasteiger partial charge in [0.2, 0.25) is 0 Å². The SMILES string of the molecule is CC(C)C1CC2(CCCCC2)C1.CC(C)CC12CCC(CC1)C2.CC(C)CC1CC2(CCC2)C1.CC(C)CC1CCCCC1. The zero-order valence-electron chi connectivity index (χ0n) is 31.8. The van der Waals surface area contributed by atoms with Crippen LogP contribution in [0.5, 0.6) is 0 Å². The molecule has 0 aromatic carbocycles. The maximum absolute atomic E-state index is 2.39. The van der Waals surface area contributed by atoms with E-state index in [-0.39, 0.29) is 0 Å². The van der Waals surface area contributed by atoms with Crippen LogP contribution in [0.25, 0.3) is 0 Å². The summed E-state index contributed by atoms with van der Waals surface area (Å²) in [6.07, 6.45) is 38.3. The summed E-state index contributed by atoms with van der Waals surface area (Å²) in [5.74, 6) is 8.10. The Morgan fingerprint density at radius 3 is 1.39 bits per heavy atom. The van der Waals surface area contributed by atoms with Crippen LogP contribution in [0.4, 0.5) is 0 Å². The average Bonchev–Trinajstić information content (AvgIpc) is 3.50. The molecule has 0 amide bonds. The third kappa shape index (κ3) is 11.0. The van der Waals surface area contributed by atoms with Crippen LogP contribution < -0.4 is 0 Å². The van der Waals surface area contributed by atoms with Crippen LogP contribution in [0.2, 0.25) is 0 Å². The van der Waals surface area contributed by atoms with Crippen molar-refractivity contribution in [1.29, 1.82) is 0 Å². The summed E-state index contributed by atoms with van der Waals surface area (Å²) < 4.78 is 0. The predicted molar refractivity (Wildman–Crippen MR) is 196 cm³/mol. The second-order valence-corrected chi connectivity index (χ2v) is 20.1. The van der Waals surface area contributed by atoms with E-state index in [2.05, 4.69) is 55.4 Å². The minimum Gasteiger partial charge on any atom is -0.0628 e. The molecule has 0 nitrogen and oxygen atoms in total. The van der Waals surface area contributed by atoms with Gasteiger partial charge in [-0.3, -0.25) is 0 Å². The topological polar surface area (TPSA) is 0 Å². The van der Waals surface area contributed by atoms with Crippen molar-refractivity contribution in [2.75, 3.05) is 0 Å². The van der Waals surface area contributed by atoms with Gasteiger partial charge in [0, 0.05) is 0 Å². The average molecular weight is 611 g/mol. The molecule has 0 saturated heterocycles. The van der Waals surface area contributed by atoms with Gasteiger partial charge < -0.3 is 0 Å².